The quantitative estimate of drug-likeness (QED) is 0.00887. The van der Waals surface area contributed by atoms with Crippen molar-refractivity contribution in [3.63, 3.8) is 0 Å². The van der Waals surface area contributed by atoms with Crippen molar-refractivity contribution < 1.29 is 39.6 Å². The summed E-state index contributed by atoms with van der Waals surface area (Å²) in [5, 5.41) is 108. The van der Waals surface area contributed by atoms with Crippen molar-refractivity contribution in [3.05, 3.63) is 236 Å². The lowest BCUT2D eigenvalue weighted by atomic mass is 10.1. The highest BCUT2D eigenvalue weighted by atomic mass is 35.5. The van der Waals surface area contributed by atoms with E-state index in [1.807, 2.05) is 71.1 Å². The molecule has 5 aliphatic heterocycles. The van der Waals surface area contributed by atoms with Crippen molar-refractivity contribution in [1.82, 2.24) is 106 Å². The van der Waals surface area contributed by atoms with Gasteiger partial charge in [-0.25, -0.2) is 85.5 Å². The van der Waals surface area contributed by atoms with E-state index in [9.17, 15) is 60.7 Å². The lowest BCUT2D eigenvalue weighted by molar-refractivity contribution is -0.486. The molecule has 0 amide bonds. The number of ether oxygens (including phenoxy) is 2. The van der Waals surface area contributed by atoms with Crippen LogP contribution in [-0.2, 0) is 55.3 Å². The number of hydrazone groups is 5. The molecule has 0 spiro atoms. The Labute approximate surface area is 800 Å². The van der Waals surface area contributed by atoms with Crippen LogP contribution in [0.1, 0.15) is 64.1 Å². The summed E-state index contributed by atoms with van der Waals surface area (Å²) in [6, 6.07) is 14.4. The molecule has 7 aromatic heterocycles. The van der Waals surface area contributed by atoms with Crippen LogP contribution in [0, 0.1) is 89.5 Å². The van der Waals surface area contributed by atoms with Crippen molar-refractivity contribution in [2.45, 2.75) is 73.0 Å². The summed E-state index contributed by atoms with van der Waals surface area (Å²) in [5.41, 5.74) is 3.95. The van der Waals surface area contributed by atoms with Crippen LogP contribution >= 0.6 is 127 Å². The number of thioether (sulfide) groups is 1. The first-order valence-corrected chi connectivity index (χ1v) is 44.0. The van der Waals surface area contributed by atoms with E-state index < -0.39 is 30.1 Å². The minimum Gasteiger partial charge on any atom is -0.381 e. The Balaban J connectivity index is 0.000000266. The van der Waals surface area contributed by atoms with Crippen molar-refractivity contribution in [2.24, 2.45) is 41.4 Å². The number of halogens is 7. The van der Waals surface area contributed by atoms with Crippen LogP contribution in [0.25, 0.3) is 0 Å². The molecular formula is C70H89Cl7N36O14S4. The van der Waals surface area contributed by atoms with Crippen molar-refractivity contribution in [1.29, 1.82) is 10.5 Å². The SMILES string of the molecule is C/C(=N\[N+](=O)[O-])NCc1cnc(Cl)s1.CC(=NC#N)N(C)Cc1ccc(Cl)nc1.CCN(Cc1ccc(Cl)nc1)/C(=C/[N+](=O)[O-])NC.CN/C(=N\[N+](=O)[O-])NCC1CCOC1.CN1CN(C)/C(=N\[N+](=O)[O-])N(Cc2cnc(Cl)s2)C1.CN1COCN(Cc2cnc(Cl)s2)/C1=N/[N+](=O)[O-].N#CN=C1SCCN1Cc1ccc(Cl)nc1.O=[N+]([O-])/N=C1\NCCN1Cc1ccc(Cl)nc1. The first-order valence-electron chi connectivity index (χ1n) is 38.0. The molecule has 0 saturated carbocycles. The highest BCUT2D eigenvalue weighted by Crippen LogP contribution is 2.25. The zero-order valence-corrected chi connectivity index (χ0v) is 79.9. The fourth-order valence-corrected chi connectivity index (χ4v) is 15.3. The number of amidine groups is 3. The van der Waals surface area contributed by atoms with Crippen LogP contribution in [0.2, 0.25) is 34.0 Å². The minimum atomic E-state index is -0.748. The molecule has 0 aliphatic carbocycles. The number of hydrogen-bond acceptors (Lipinski definition) is 32. The standard InChI is InChI=1S/C11H15ClN4O2.C10H9ClN4S.C10H11ClN4.C9H13ClN6O2S.C9H10ClN5O2.C8H10ClN5O3S.C7H14N4O3.C6H7ClN4O2S/c1-3-15(11(13-2)8-16(17)18)7-9-4-5-10(12)14-6-9;11-9-2-1-8(5-13-9)6-15-3-4-16-10(15)14-7-12;1-8(14-7-12)15(2)6-9-3-4-10(11)13-5-9;1-13-5-14(2)9(12-16(17)18)15(6-13)4-7-3-11-8(10)19-7;10-8-2-1-7(5-12-8)6-14-4-3-11-9(14)13-15(16)17;1-12-4-17-5-13(8(12)11-14(15)16)3-6-2-10-7(9)18-6;1-8-7(10-11(12)13)9-4-6-2-3-14-5-6;1-4(10-11(12)13)8-2-5-3-9-6(7)14-5/h4-6,8,13H,3,7H2,1-2H3;1-2,5H,3-4,6H2;3-5H,6H2,1-2H3;3H,4-6H2,1-2H3;1-2,5H,3-4,6H2,(H,11,13);2H,3-5H2,1H3;6H,2-5H2,1H3,(H2,8,9,10);3H,2H2,1H3,(H,8,10)/b11-8+;;;12-9+;;11-8+;;. The molecule has 12 rings (SSSR count). The largest absolute Gasteiger partial charge is 0.381 e. The maximum Gasteiger partial charge on any atom is 0.277 e. The molecule has 131 heavy (non-hydrogen) atoms. The molecule has 1 atom stereocenters. The van der Waals surface area contributed by atoms with Crippen LogP contribution in [0.15, 0.2) is 139 Å². The minimum absolute atomic E-state index is 0.182. The molecule has 5 aliphatic rings. The monoisotopic (exact) mass is 2030 g/mol. The molecule has 7 aromatic rings. The van der Waals surface area contributed by atoms with Gasteiger partial charge in [0.05, 0.1) is 49.6 Å². The Morgan fingerprint density at radius 3 is 1.57 bits per heavy atom. The topological polar surface area (TPSA) is 591 Å². The van der Waals surface area contributed by atoms with Gasteiger partial charge in [-0.2, -0.15) is 15.5 Å². The molecular weight excluding hydrogens is 1950 g/mol. The number of hydrogen-bond donors (Lipinski definition) is 5. The van der Waals surface area contributed by atoms with E-state index in [0.717, 1.165) is 80.1 Å². The lowest BCUT2D eigenvalue weighted by Gasteiger charge is -2.39. The van der Waals surface area contributed by atoms with Crippen molar-refractivity contribution in [3.8, 4) is 12.4 Å². The van der Waals surface area contributed by atoms with Crippen LogP contribution in [0.3, 0.4) is 0 Å². The second kappa shape index (κ2) is 59.3. The summed E-state index contributed by atoms with van der Waals surface area (Å²) in [6.07, 6.45) is 17.2. The van der Waals surface area contributed by atoms with Gasteiger partial charge in [0.15, 0.2) is 55.4 Å². The Bertz CT molecular complexity index is 5170. The van der Waals surface area contributed by atoms with E-state index in [1.54, 1.807) is 140 Å². The van der Waals surface area contributed by atoms with Gasteiger partial charge in [-0.3, -0.25) is 15.0 Å². The summed E-state index contributed by atoms with van der Waals surface area (Å²) in [7, 11) is 10.5. The molecule has 0 bridgehead atoms. The van der Waals surface area contributed by atoms with E-state index in [2.05, 4.69) is 102 Å². The normalized spacial score (nSPS) is 16.1. The third-order valence-corrected chi connectivity index (χ3v) is 22.0. The van der Waals surface area contributed by atoms with Crippen LogP contribution in [-0.4, -0.2) is 271 Å². The number of nitro groups is 6. The predicted octanol–water partition coefficient (Wildman–Crippen LogP) is 9.56. The number of nitriles is 2. The average Bonchev–Trinajstić information content (AvgIpc) is 1.54. The van der Waals surface area contributed by atoms with Gasteiger partial charge in [-0.15, -0.1) is 39.0 Å². The number of pyridine rings is 4. The second-order valence-electron chi connectivity index (χ2n) is 26.6. The van der Waals surface area contributed by atoms with E-state index in [0.29, 0.717) is 143 Å². The second-order valence-corrected chi connectivity index (χ2v) is 34.3. The Hall–Kier alpha value is -12.0. The van der Waals surface area contributed by atoms with Gasteiger partial charge in [0.25, 0.3) is 30.0 Å². The van der Waals surface area contributed by atoms with Gasteiger partial charge >= 0.3 is 0 Å². The van der Waals surface area contributed by atoms with Crippen LogP contribution in [0.4, 0.5) is 0 Å². The van der Waals surface area contributed by atoms with Gasteiger partial charge in [-0.1, -0.05) is 117 Å². The van der Waals surface area contributed by atoms with E-state index in [4.69, 9.17) is 101 Å². The zero-order chi connectivity index (χ0) is 96.5. The van der Waals surface area contributed by atoms with Crippen LogP contribution < -0.4 is 26.6 Å². The molecule has 5 fully saturated rings. The van der Waals surface area contributed by atoms with Gasteiger partial charge in [0.1, 0.15) is 60.3 Å². The van der Waals surface area contributed by atoms with E-state index in [1.165, 1.54) is 40.9 Å². The Morgan fingerprint density at radius 1 is 0.595 bits per heavy atom. The Morgan fingerprint density at radius 2 is 1.11 bits per heavy atom. The highest BCUT2D eigenvalue weighted by Gasteiger charge is 2.30. The summed E-state index contributed by atoms with van der Waals surface area (Å²) in [4.78, 5) is 116. The fourth-order valence-electron chi connectivity index (χ4n) is 11.0. The number of thiazole rings is 3. The van der Waals surface area contributed by atoms with Gasteiger partial charge in [0, 0.05) is 170 Å². The van der Waals surface area contributed by atoms with Crippen molar-refractivity contribution in [2.75, 3.05) is 121 Å². The molecule has 61 heteroatoms. The number of nitrogens with zero attached hydrogens (tertiary/aromatic N) is 31. The molecule has 5 N–H and O–H groups in total. The molecule has 0 aromatic carbocycles. The molecule has 706 valence electrons. The molecule has 0 radical (unpaired) electrons. The maximum atomic E-state index is 10.6. The summed E-state index contributed by atoms with van der Waals surface area (Å²) < 4.78 is 11.8. The van der Waals surface area contributed by atoms with Crippen molar-refractivity contribution >= 4 is 168 Å². The first-order chi connectivity index (χ1) is 62.4. The number of nitrogens with one attached hydrogen (secondary N) is 5. The average molecular weight is 2040 g/mol. The smallest absolute Gasteiger partial charge is 0.277 e. The number of aromatic nitrogens is 7. The Kier molecular flexibility index (Phi) is 49.6. The number of guanidine groups is 4. The third-order valence-electron chi connectivity index (χ3n) is 16.8. The highest BCUT2D eigenvalue weighted by molar-refractivity contribution is 8.14. The summed E-state index contributed by atoms with van der Waals surface area (Å²) in [5.74, 6) is 3.83. The predicted molar refractivity (Wildman–Crippen MR) is 499 cm³/mol. The number of aliphatic imine (C=N–C) groups is 2. The lowest BCUT2D eigenvalue weighted by Crippen LogP contribution is -2.55. The van der Waals surface area contributed by atoms with E-state index >= 15 is 0 Å². The molecule has 12 heterocycles. The first kappa shape index (κ1) is 109. The fraction of sp³-hybridized carbons (Fsp3) is 0.429. The molecule has 50 nitrogen and oxygen atoms in total. The molecule has 1 unspecified atom stereocenters. The van der Waals surface area contributed by atoms with E-state index in [-0.39, 0.29) is 37.2 Å². The van der Waals surface area contributed by atoms with Gasteiger partial charge in [0.2, 0.25) is 12.4 Å². The summed E-state index contributed by atoms with van der Waals surface area (Å²) >= 11 is 45.5. The number of rotatable bonds is 25. The van der Waals surface area contributed by atoms with Gasteiger partial charge < -0.3 is 75.3 Å². The van der Waals surface area contributed by atoms with Crippen LogP contribution in [0.5, 0.6) is 0 Å². The van der Waals surface area contributed by atoms with Gasteiger partial charge in [-0.05, 0) is 80.8 Å². The summed E-state index contributed by atoms with van der Waals surface area (Å²) in [6.45, 7) is 15.7. The zero-order valence-electron chi connectivity index (χ0n) is 71.3. The maximum absolute atomic E-state index is 10.6. The molecule has 5 saturated heterocycles. The third kappa shape index (κ3) is 44.0.